The quantitative estimate of drug-likeness (QED) is 0.246. The highest BCUT2D eigenvalue weighted by molar-refractivity contribution is 5.93. The molecule has 2 bridgehead atoms. The number of nitrogens with zero attached hydrogens (tertiary/aromatic N) is 5. The normalized spacial score (nSPS) is 22.0. The second kappa shape index (κ2) is 9.99. The van der Waals surface area contributed by atoms with Gasteiger partial charge >= 0.3 is 0 Å². The summed E-state index contributed by atoms with van der Waals surface area (Å²) >= 11 is 0. The molecule has 1 saturated carbocycles. The summed E-state index contributed by atoms with van der Waals surface area (Å²) < 4.78 is 0. The summed E-state index contributed by atoms with van der Waals surface area (Å²) in [6.45, 7) is 8.29. The van der Waals surface area contributed by atoms with Gasteiger partial charge in [0.05, 0.1) is 17.6 Å². The van der Waals surface area contributed by atoms with Crippen LogP contribution in [0.15, 0.2) is 53.8 Å². The number of aromatic nitrogens is 3. The third-order valence-electron chi connectivity index (χ3n) is 9.18. The number of nitrogens with two attached hydrogens (primary N) is 1. The molecule has 1 amide bonds. The Balaban J connectivity index is 1.08. The van der Waals surface area contributed by atoms with Gasteiger partial charge < -0.3 is 25.8 Å². The van der Waals surface area contributed by atoms with E-state index in [1.807, 2.05) is 24.2 Å². The molecule has 4 fully saturated rings. The number of benzene rings is 1. The first-order chi connectivity index (χ1) is 20.0. The van der Waals surface area contributed by atoms with E-state index in [4.69, 9.17) is 10.7 Å². The lowest BCUT2D eigenvalue weighted by Crippen LogP contribution is -2.61. The fraction of sp³-hybridized carbons (Fsp3) is 0.375. The zero-order valence-electron chi connectivity index (χ0n) is 23.7. The number of nitrogens with one attached hydrogen (secondary N) is 2. The van der Waals surface area contributed by atoms with Crippen LogP contribution in [0.5, 0.6) is 0 Å². The van der Waals surface area contributed by atoms with Gasteiger partial charge in [0.25, 0.3) is 0 Å². The maximum atomic E-state index is 13.1. The number of anilines is 1. The number of aliphatic imine (C=N–C) groups is 1. The van der Waals surface area contributed by atoms with Gasteiger partial charge in [-0.1, -0.05) is 19.1 Å². The van der Waals surface area contributed by atoms with E-state index in [0.717, 1.165) is 91.3 Å². The molecule has 4 aliphatic rings. The van der Waals surface area contributed by atoms with Crippen LogP contribution in [0, 0.1) is 12.8 Å². The van der Waals surface area contributed by atoms with Crippen molar-refractivity contribution in [1.82, 2.24) is 25.2 Å². The molecule has 1 aromatic carbocycles. The largest absolute Gasteiger partial charge is 0.390 e. The minimum atomic E-state index is -0.258. The average Bonchev–Trinajstić information content (AvgIpc) is 3.71. The zero-order chi connectivity index (χ0) is 28.1. The Bertz CT molecular complexity index is 1640. The van der Waals surface area contributed by atoms with Crippen LogP contribution < -0.4 is 16.0 Å². The van der Waals surface area contributed by atoms with Gasteiger partial charge in [-0.05, 0) is 79.6 Å². The lowest BCUT2D eigenvalue weighted by Gasteiger charge is -2.43. The molecular weight excluding hydrogens is 512 g/mol. The second-order valence-electron chi connectivity index (χ2n) is 11.7. The van der Waals surface area contributed by atoms with Crippen LogP contribution in [0.2, 0.25) is 0 Å². The first kappa shape index (κ1) is 25.7. The van der Waals surface area contributed by atoms with Gasteiger partial charge in [0.1, 0.15) is 5.82 Å². The van der Waals surface area contributed by atoms with Crippen molar-refractivity contribution in [1.29, 1.82) is 0 Å². The summed E-state index contributed by atoms with van der Waals surface area (Å²) in [5.41, 5.74) is 12.9. The number of aromatic amines is 1. The molecule has 1 aliphatic carbocycles. The van der Waals surface area contributed by atoms with Crippen molar-refractivity contribution >= 4 is 34.8 Å². The predicted octanol–water partition coefficient (Wildman–Crippen LogP) is 4.18. The molecule has 4 aromatic rings. The van der Waals surface area contributed by atoms with Gasteiger partial charge in [0, 0.05) is 60.6 Å². The number of hydrogen-bond acceptors (Lipinski definition) is 6. The first-order valence-corrected chi connectivity index (χ1v) is 14.6. The monoisotopic (exact) mass is 548 g/mol. The topological polar surface area (TPSA) is 116 Å². The lowest BCUT2D eigenvalue weighted by molar-refractivity contribution is -0.141. The van der Waals surface area contributed by atoms with Crippen LogP contribution >= 0.6 is 0 Å². The molecule has 9 nitrogen and oxygen atoms in total. The lowest BCUT2D eigenvalue weighted by atomic mass is 9.72. The number of H-pyrrole nitrogens is 1. The van der Waals surface area contributed by atoms with Crippen LogP contribution in [-0.4, -0.2) is 70.4 Å². The Hall–Kier alpha value is -4.24. The van der Waals surface area contributed by atoms with Gasteiger partial charge in [-0.15, -0.1) is 0 Å². The van der Waals surface area contributed by atoms with Crippen LogP contribution in [0.3, 0.4) is 0 Å². The molecule has 0 atom stereocenters. The molecule has 9 heteroatoms. The van der Waals surface area contributed by atoms with Gasteiger partial charge in [-0.3, -0.25) is 4.79 Å². The zero-order valence-corrected chi connectivity index (χ0v) is 23.7. The summed E-state index contributed by atoms with van der Waals surface area (Å²) in [7, 11) is 0. The van der Waals surface area contributed by atoms with Gasteiger partial charge in [0.2, 0.25) is 5.91 Å². The number of carbonyl (C=O) groups excluding carboxylic acids is 1. The third kappa shape index (κ3) is 4.35. The number of rotatable bonds is 6. The van der Waals surface area contributed by atoms with E-state index >= 15 is 0 Å². The summed E-state index contributed by atoms with van der Waals surface area (Å²) in [4.78, 5) is 34.5. The van der Waals surface area contributed by atoms with Crippen molar-refractivity contribution in [3.8, 4) is 22.4 Å². The van der Waals surface area contributed by atoms with E-state index in [2.05, 4.69) is 68.5 Å². The number of fused-ring (bicyclic) bond motifs is 2. The molecule has 4 N–H and O–H groups in total. The summed E-state index contributed by atoms with van der Waals surface area (Å²) in [6, 6.07) is 12.9. The molecule has 8 rings (SSSR count). The maximum Gasteiger partial charge on any atom is 0.243 e. The molecule has 3 saturated heterocycles. The van der Waals surface area contributed by atoms with E-state index in [9.17, 15) is 4.79 Å². The van der Waals surface area contributed by atoms with Crippen molar-refractivity contribution < 1.29 is 4.79 Å². The summed E-state index contributed by atoms with van der Waals surface area (Å²) in [6.07, 6.45) is 8.02. The Morgan fingerprint density at radius 2 is 1.85 bits per heavy atom. The van der Waals surface area contributed by atoms with E-state index in [1.165, 1.54) is 17.3 Å². The van der Waals surface area contributed by atoms with Gasteiger partial charge in [-0.25, -0.2) is 15.0 Å². The minimum Gasteiger partial charge on any atom is -0.390 e. The van der Waals surface area contributed by atoms with Crippen molar-refractivity contribution in [2.45, 2.75) is 38.6 Å². The summed E-state index contributed by atoms with van der Waals surface area (Å²) in [5, 5.41) is 4.69. The molecule has 0 radical (unpaired) electrons. The predicted molar refractivity (Wildman–Crippen MR) is 163 cm³/mol. The summed E-state index contributed by atoms with van der Waals surface area (Å²) in [5.74, 6) is 2.60. The molecular formula is C32H36N8O. The van der Waals surface area contributed by atoms with Gasteiger partial charge in [-0.2, -0.15) is 0 Å². The SMILES string of the molecule is CCc1c(-c2cnc(N=CN)c(C)c2)[nH]c2cc(-c3ccc(N4CCN(C(=O)C56CC(CN5)C6)CC4)nc3)ccc12. The third-order valence-corrected chi connectivity index (χ3v) is 9.18. The van der Waals surface area contributed by atoms with E-state index in [1.54, 1.807) is 0 Å². The van der Waals surface area contributed by atoms with Crippen LogP contribution in [0.25, 0.3) is 33.3 Å². The molecule has 3 aromatic heterocycles. The highest BCUT2D eigenvalue weighted by Gasteiger charge is 2.56. The fourth-order valence-electron chi connectivity index (χ4n) is 6.95. The molecule has 0 unspecified atom stereocenters. The Labute approximate surface area is 239 Å². The molecule has 210 valence electrons. The number of aryl methyl sites for hydroxylation is 2. The Kier molecular flexibility index (Phi) is 6.27. The Morgan fingerprint density at radius 3 is 2.51 bits per heavy atom. The first-order valence-electron chi connectivity index (χ1n) is 14.6. The fourth-order valence-corrected chi connectivity index (χ4v) is 6.95. The second-order valence-corrected chi connectivity index (χ2v) is 11.7. The molecule has 41 heavy (non-hydrogen) atoms. The number of piperazine rings is 1. The van der Waals surface area contributed by atoms with E-state index in [-0.39, 0.29) is 5.54 Å². The minimum absolute atomic E-state index is 0.258. The average molecular weight is 549 g/mol. The van der Waals surface area contributed by atoms with Crippen LogP contribution in [-0.2, 0) is 11.2 Å². The Morgan fingerprint density at radius 1 is 1.07 bits per heavy atom. The highest BCUT2D eigenvalue weighted by atomic mass is 16.2. The van der Waals surface area contributed by atoms with E-state index in [0.29, 0.717) is 17.6 Å². The number of carbonyl (C=O) groups is 1. The number of pyridine rings is 2. The standard InChI is InChI=1S/C32H36N8O/c1-3-25-26-6-4-22(13-27(26)38-29(25)24-12-20(2)30(35-18-24)36-19-33)23-5-7-28(34-17-23)39-8-10-40(11-9-39)31(41)32-14-21(15-32)16-37-32/h4-7,12-13,17-19,21,37-38H,3,8-11,14-16H2,1-2H3,(H2,33,35,36). The van der Waals surface area contributed by atoms with Crippen LogP contribution in [0.1, 0.15) is 30.9 Å². The van der Waals surface area contributed by atoms with Gasteiger partial charge in [0.15, 0.2) is 5.82 Å². The van der Waals surface area contributed by atoms with Crippen molar-refractivity contribution in [3.05, 3.63) is 59.9 Å². The number of amides is 1. The molecule has 0 spiro atoms. The van der Waals surface area contributed by atoms with Crippen molar-refractivity contribution in [3.63, 3.8) is 0 Å². The van der Waals surface area contributed by atoms with Crippen LogP contribution in [0.4, 0.5) is 11.6 Å². The molecule has 3 aliphatic heterocycles. The van der Waals surface area contributed by atoms with E-state index < -0.39 is 0 Å². The molecule has 6 heterocycles. The van der Waals surface area contributed by atoms with Crippen molar-refractivity contribution in [2.75, 3.05) is 37.6 Å². The number of hydrogen-bond donors (Lipinski definition) is 3. The maximum absolute atomic E-state index is 13.1. The smallest absolute Gasteiger partial charge is 0.243 e. The van der Waals surface area contributed by atoms with Crippen molar-refractivity contribution in [2.24, 2.45) is 16.6 Å². The highest BCUT2D eigenvalue weighted by Crippen LogP contribution is 2.44.